The molecule has 1 aromatic rings. The molecule has 0 saturated heterocycles. The van der Waals surface area contributed by atoms with Gasteiger partial charge in [0.1, 0.15) is 18.8 Å². The smallest absolute Gasteiger partial charge is 0.408 e. The average molecular weight is 496 g/mol. The molecular formula is C24H37NO8Si. The van der Waals surface area contributed by atoms with Crippen molar-refractivity contribution < 1.29 is 38.1 Å². The monoisotopic (exact) mass is 495 g/mol. The molecule has 2 N–H and O–H groups in total. The third kappa shape index (κ3) is 8.52. The van der Waals surface area contributed by atoms with Crippen molar-refractivity contribution in [3.05, 3.63) is 48.0 Å². The lowest BCUT2D eigenvalue weighted by molar-refractivity contribution is -0.184. The minimum atomic E-state index is -2.03. The second-order valence-corrected chi connectivity index (χ2v) is 14.4. The summed E-state index contributed by atoms with van der Waals surface area (Å²) in [6.45, 7) is 10.7. The summed E-state index contributed by atoms with van der Waals surface area (Å²) in [5.41, 5.74) is 0.814. The van der Waals surface area contributed by atoms with Crippen LogP contribution in [0.15, 0.2) is 42.5 Å². The van der Waals surface area contributed by atoms with E-state index in [9.17, 15) is 14.7 Å². The molecule has 2 rings (SSSR count). The van der Waals surface area contributed by atoms with E-state index in [-0.39, 0.29) is 24.9 Å². The molecular weight excluding hydrogens is 458 g/mol. The van der Waals surface area contributed by atoms with Crippen LogP contribution in [0.25, 0.3) is 0 Å². The van der Waals surface area contributed by atoms with Crippen molar-refractivity contribution in [1.29, 1.82) is 0 Å². The van der Waals surface area contributed by atoms with Crippen LogP contribution in [-0.2, 0) is 34.8 Å². The molecule has 10 heteroatoms. The van der Waals surface area contributed by atoms with Crippen LogP contribution in [0.3, 0.4) is 0 Å². The lowest BCUT2D eigenvalue weighted by Crippen LogP contribution is -2.48. The van der Waals surface area contributed by atoms with E-state index in [0.717, 1.165) is 5.56 Å². The highest BCUT2D eigenvalue weighted by molar-refractivity contribution is 6.74. The molecule has 1 aliphatic heterocycles. The number of rotatable bonds is 10. The average Bonchev–Trinajstić information content (AvgIpc) is 2.79. The summed E-state index contributed by atoms with van der Waals surface area (Å²) < 4.78 is 27.6. The number of hydrogen-bond donors (Lipinski definition) is 2. The number of carbonyl (C=O) groups is 2. The number of amides is 1. The van der Waals surface area contributed by atoms with E-state index in [1.54, 1.807) is 12.2 Å². The van der Waals surface area contributed by atoms with Crippen molar-refractivity contribution in [2.75, 3.05) is 20.3 Å². The maximum absolute atomic E-state index is 12.2. The van der Waals surface area contributed by atoms with Gasteiger partial charge in [-0.3, -0.25) is 0 Å². The molecule has 1 aliphatic rings. The van der Waals surface area contributed by atoms with Crippen LogP contribution in [0.2, 0.25) is 18.1 Å². The van der Waals surface area contributed by atoms with Crippen LogP contribution in [0.1, 0.15) is 26.3 Å². The van der Waals surface area contributed by atoms with Gasteiger partial charge < -0.3 is 33.8 Å². The zero-order valence-corrected chi connectivity index (χ0v) is 21.8. The van der Waals surface area contributed by atoms with Gasteiger partial charge in [0.25, 0.3) is 0 Å². The fourth-order valence-electron chi connectivity index (χ4n) is 2.78. The topological polar surface area (TPSA) is 113 Å². The number of benzene rings is 1. The Morgan fingerprint density at radius 3 is 2.47 bits per heavy atom. The second-order valence-electron chi connectivity index (χ2n) is 9.60. The summed E-state index contributed by atoms with van der Waals surface area (Å²) in [4.78, 5) is 24.3. The van der Waals surface area contributed by atoms with E-state index in [2.05, 4.69) is 39.2 Å². The third-order valence-electron chi connectivity index (χ3n) is 5.99. The van der Waals surface area contributed by atoms with E-state index in [4.69, 9.17) is 23.4 Å². The van der Waals surface area contributed by atoms with Crippen LogP contribution in [-0.4, -0.2) is 70.3 Å². The second kappa shape index (κ2) is 12.5. The minimum absolute atomic E-state index is 0.0207. The Kier molecular flexibility index (Phi) is 10.3. The highest BCUT2D eigenvalue weighted by Crippen LogP contribution is 2.36. The molecule has 1 aromatic carbocycles. The molecule has 0 bridgehead atoms. The Balaban J connectivity index is 1.88. The zero-order chi connectivity index (χ0) is 25.4. The lowest BCUT2D eigenvalue weighted by Gasteiger charge is -2.38. The number of methoxy groups -OCH3 is 1. The maximum atomic E-state index is 12.2. The summed E-state index contributed by atoms with van der Waals surface area (Å²) in [6, 6.07) is 8.07. The molecule has 0 aromatic heterocycles. The Morgan fingerprint density at radius 1 is 1.18 bits per heavy atom. The van der Waals surface area contributed by atoms with E-state index < -0.39 is 44.9 Å². The number of ether oxygens (including phenoxy) is 4. The summed E-state index contributed by atoms with van der Waals surface area (Å²) in [5, 5.41) is 12.8. The third-order valence-corrected chi connectivity index (χ3v) is 10.5. The fourth-order valence-corrected chi connectivity index (χ4v) is 3.79. The van der Waals surface area contributed by atoms with Gasteiger partial charge in [0.05, 0.1) is 20.3 Å². The lowest BCUT2D eigenvalue weighted by atomic mass is 10.1. The molecule has 0 spiro atoms. The molecule has 0 radical (unpaired) electrons. The predicted octanol–water partition coefficient (Wildman–Crippen LogP) is 3.13. The van der Waals surface area contributed by atoms with E-state index in [0.29, 0.717) is 0 Å². The number of carbonyl (C=O) groups excluding carboxylic acids is 2. The number of hydrogen-bond acceptors (Lipinski definition) is 8. The van der Waals surface area contributed by atoms with Crippen LogP contribution in [0.5, 0.6) is 0 Å². The Morgan fingerprint density at radius 2 is 1.85 bits per heavy atom. The van der Waals surface area contributed by atoms with Crippen molar-refractivity contribution in [3.8, 4) is 0 Å². The normalized spacial score (nSPS) is 21.6. The number of esters is 1. The Labute approximate surface area is 202 Å². The largest absolute Gasteiger partial charge is 0.467 e. The van der Waals surface area contributed by atoms with Crippen LogP contribution in [0, 0.1) is 0 Å². The summed E-state index contributed by atoms with van der Waals surface area (Å²) in [5.74, 6) is -0.686. The molecule has 1 heterocycles. The summed E-state index contributed by atoms with van der Waals surface area (Å²) in [6.07, 6.45) is 0.0549. The van der Waals surface area contributed by atoms with Crippen molar-refractivity contribution in [1.82, 2.24) is 5.32 Å². The standard InChI is InChI=1S/C24H37NO8Si/c1-24(2,3)34(5,6)32-16-20-19(26)12-13-21(33-20)30-15-18(22(27)29-4)25-23(28)31-14-17-10-8-7-9-11-17/h7-13,18-21,26H,14-16H2,1-6H3,(H,25,28)/t18-,19+,20-,21+/m0/s1. The van der Waals surface area contributed by atoms with Crippen LogP contribution >= 0.6 is 0 Å². The van der Waals surface area contributed by atoms with E-state index in [1.807, 2.05) is 30.3 Å². The van der Waals surface area contributed by atoms with Crippen molar-refractivity contribution in [3.63, 3.8) is 0 Å². The molecule has 0 fully saturated rings. The summed E-state index contributed by atoms with van der Waals surface area (Å²) >= 11 is 0. The first-order valence-corrected chi connectivity index (χ1v) is 14.2. The SMILES string of the molecule is COC(=O)[C@H](CO[C@H]1C=C[C@@H](O)[C@H](CO[Si](C)(C)C(C)(C)C)O1)NC(=O)OCc1ccccc1. The van der Waals surface area contributed by atoms with Crippen molar-refractivity contribution in [2.24, 2.45) is 0 Å². The van der Waals surface area contributed by atoms with Gasteiger partial charge in [-0.15, -0.1) is 0 Å². The molecule has 0 unspecified atom stereocenters. The predicted molar refractivity (Wildman–Crippen MR) is 128 cm³/mol. The molecule has 0 aliphatic carbocycles. The first-order valence-electron chi connectivity index (χ1n) is 11.3. The highest BCUT2D eigenvalue weighted by atomic mass is 28.4. The van der Waals surface area contributed by atoms with Gasteiger partial charge in [-0.2, -0.15) is 0 Å². The number of aliphatic hydroxyl groups is 1. The first-order chi connectivity index (χ1) is 15.9. The zero-order valence-electron chi connectivity index (χ0n) is 20.8. The first kappa shape index (κ1) is 28.0. The molecule has 34 heavy (non-hydrogen) atoms. The van der Waals surface area contributed by atoms with Gasteiger partial charge in [0.2, 0.25) is 0 Å². The van der Waals surface area contributed by atoms with Gasteiger partial charge in [-0.05, 0) is 29.8 Å². The number of nitrogens with one attached hydrogen (secondary N) is 1. The van der Waals surface area contributed by atoms with Gasteiger partial charge in [0.15, 0.2) is 20.6 Å². The van der Waals surface area contributed by atoms with Gasteiger partial charge in [-0.1, -0.05) is 57.2 Å². The molecule has 9 nitrogen and oxygen atoms in total. The van der Waals surface area contributed by atoms with Gasteiger partial charge >= 0.3 is 12.1 Å². The maximum Gasteiger partial charge on any atom is 0.408 e. The van der Waals surface area contributed by atoms with Gasteiger partial charge in [-0.25, -0.2) is 9.59 Å². The quantitative estimate of drug-likeness (QED) is 0.289. The molecule has 1 amide bonds. The highest BCUT2D eigenvalue weighted by Gasteiger charge is 2.39. The number of aliphatic hydroxyl groups excluding tert-OH is 1. The van der Waals surface area contributed by atoms with Crippen LogP contribution < -0.4 is 5.32 Å². The van der Waals surface area contributed by atoms with E-state index in [1.165, 1.54) is 7.11 Å². The molecule has 190 valence electrons. The van der Waals surface area contributed by atoms with E-state index >= 15 is 0 Å². The number of alkyl carbamates (subject to hydrolysis) is 1. The van der Waals surface area contributed by atoms with Crippen molar-refractivity contribution in [2.45, 2.75) is 70.1 Å². The Hall–Kier alpha value is -2.24. The minimum Gasteiger partial charge on any atom is -0.467 e. The Bertz CT molecular complexity index is 824. The van der Waals surface area contributed by atoms with Gasteiger partial charge in [0, 0.05) is 0 Å². The van der Waals surface area contributed by atoms with Crippen LogP contribution in [0.4, 0.5) is 4.79 Å². The fraction of sp³-hybridized carbons (Fsp3) is 0.583. The van der Waals surface area contributed by atoms with Crippen molar-refractivity contribution >= 4 is 20.4 Å². The summed E-state index contributed by atoms with van der Waals surface area (Å²) in [7, 11) is -0.810. The molecule has 0 saturated carbocycles. The molecule has 4 atom stereocenters.